The minimum atomic E-state index is 0.860. The molecule has 1 aromatic heterocycles. The van der Waals surface area contributed by atoms with Crippen LogP contribution in [0.2, 0.25) is 0 Å². The van der Waals surface area contributed by atoms with Crippen molar-refractivity contribution in [2.45, 2.75) is 48.1 Å². The zero-order chi connectivity index (χ0) is 14.0. The smallest absolute Gasteiger partial charge is 0.0662 e. The second kappa shape index (κ2) is 9.46. The molecule has 1 heterocycles. The van der Waals surface area contributed by atoms with Gasteiger partial charge in [-0.05, 0) is 25.5 Å². The third-order valence-corrected chi connectivity index (χ3v) is 2.38. The van der Waals surface area contributed by atoms with Crippen molar-refractivity contribution in [3.63, 3.8) is 0 Å². The van der Waals surface area contributed by atoms with Gasteiger partial charge in [-0.25, -0.2) is 0 Å². The molecule has 2 rings (SSSR count). The maximum atomic E-state index is 4.25. The van der Waals surface area contributed by atoms with E-state index in [1.165, 1.54) is 16.8 Å². The Morgan fingerprint density at radius 1 is 0.889 bits per heavy atom. The first kappa shape index (κ1) is 16.4. The number of hydrogen-bond donors (Lipinski definition) is 0. The van der Waals surface area contributed by atoms with Crippen molar-refractivity contribution in [1.82, 2.24) is 9.78 Å². The number of hydrogen-bond acceptors (Lipinski definition) is 1. The number of benzene rings is 1. The van der Waals surface area contributed by atoms with Crippen molar-refractivity contribution >= 4 is 0 Å². The molecule has 0 atom stereocenters. The maximum absolute atomic E-state index is 4.25. The summed E-state index contributed by atoms with van der Waals surface area (Å²) in [6, 6.07) is 10.6. The number of aromatic nitrogens is 2. The third-order valence-electron chi connectivity index (χ3n) is 2.38. The van der Waals surface area contributed by atoms with Crippen molar-refractivity contribution in [1.29, 1.82) is 0 Å². The van der Waals surface area contributed by atoms with Gasteiger partial charge in [-0.3, -0.25) is 4.68 Å². The Labute approximate surface area is 112 Å². The molecule has 0 aliphatic carbocycles. The lowest BCUT2D eigenvalue weighted by Crippen LogP contribution is -2.03. The van der Waals surface area contributed by atoms with Gasteiger partial charge in [0.25, 0.3) is 0 Å². The summed E-state index contributed by atoms with van der Waals surface area (Å²) in [6.45, 7) is 13.0. The van der Waals surface area contributed by atoms with Crippen LogP contribution in [0.5, 0.6) is 0 Å². The Balaban J connectivity index is 0.000000659. The molecule has 0 saturated heterocycles. The number of rotatable bonds is 2. The molecule has 0 radical (unpaired) electrons. The predicted molar refractivity (Wildman–Crippen MR) is 79.9 cm³/mol. The van der Waals surface area contributed by atoms with E-state index in [9.17, 15) is 0 Å². The van der Waals surface area contributed by atoms with E-state index in [2.05, 4.69) is 43.2 Å². The second-order valence-corrected chi connectivity index (χ2v) is 3.62. The molecule has 2 heteroatoms. The minimum Gasteiger partial charge on any atom is -0.265 e. The first-order valence-corrected chi connectivity index (χ1v) is 6.79. The monoisotopic (exact) mass is 246 g/mol. The Kier molecular flexibility index (Phi) is 8.63. The van der Waals surface area contributed by atoms with E-state index in [1.807, 2.05) is 44.6 Å². The van der Waals surface area contributed by atoms with E-state index in [1.54, 1.807) is 0 Å². The molecule has 100 valence electrons. The summed E-state index contributed by atoms with van der Waals surface area (Å²) in [5.74, 6) is 0. The van der Waals surface area contributed by atoms with Gasteiger partial charge in [-0.1, -0.05) is 57.5 Å². The highest BCUT2D eigenvalue weighted by atomic mass is 15.3. The summed E-state index contributed by atoms with van der Waals surface area (Å²) in [4.78, 5) is 0. The molecule has 18 heavy (non-hydrogen) atoms. The average molecular weight is 246 g/mol. The highest BCUT2D eigenvalue weighted by Crippen LogP contribution is 2.06. The van der Waals surface area contributed by atoms with Gasteiger partial charge >= 0.3 is 0 Å². The van der Waals surface area contributed by atoms with Gasteiger partial charge in [-0.2, -0.15) is 5.10 Å². The molecule has 0 bridgehead atoms. The SMILES string of the molecule is CC.CC.Cc1ccc(Cn2nccc2C)cc1. The van der Waals surface area contributed by atoms with E-state index in [0.717, 1.165) is 6.54 Å². The molecule has 0 spiro atoms. The van der Waals surface area contributed by atoms with Crippen LogP contribution in [0.4, 0.5) is 0 Å². The lowest BCUT2D eigenvalue weighted by molar-refractivity contribution is 0.665. The van der Waals surface area contributed by atoms with Gasteiger partial charge in [0.05, 0.1) is 6.54 Å². The molecular weight excluding hydrogens is 220 g/mol. The Morgan fingerprint density at radius 3 is 1.89 bits per heavy atom. The average Bonchev–Trinajstić information content (AvgIpc) is 2.83. The predicted octanol–water partition coefficient (Wildman–Crippen LogP) is 4.60. The van der Waals surface area contributed by atoms with Crippen molar-refractivity contribution in [2.75, 3.05) is 0 Å². The molecular formula is C16H26N2. The van der Waals surface area contributed by atoms with Gasteiger partial charge in [0, 0.05) is 11.9 Å². The van der Waals surface area contributed by atoms with Gasteiger partial charge < -0.3 is 0 Å². The lowest BCUT2D eigenvalue weighted by Gasteiger charge is -2.04. The lowest BCUT2D eigenvalue weighted by atomic mass is 10.1. The normalized spacial score (nSPS) is 8.78. The fourth-order valence-corrected chi connectivity index (χ4v) is 1.43. The van der Waals surface area contributed by atoms with Crippen molar-refractivity contribution in [3.8, 4) is 0 Å². The largest absolute Gasteiger partial charge is 0.265 e. The second-order valence-electron chi connectivity index (χ2n) is 3.62. The molecule has 0 aliphatic rings. The van der Waals surface area contributed by atoms with E-state index in [-0.39, 0.29) is 0 Å². The molecule has 0 N–H and O–H groups in total. The van der Waals surface area contributed by atoms with Crippen LogP contribution in [0.3, 0.4) is 0 Å². The molecule has 0 fully saturated rings. The standard InChI is InChI=1S/C12H14N2.2C2H6/c1-10-3-5-12(6-4-10)9-14-11(2)7-8-13-14;2*1-2/h3-8H,9H2,1-2H3;2*1-2H3. The summed E-state index contributed by atoms with van der Waals surface area (Å²) in [7, 11) is 0. The van der Waals surface area contributed by atoms with Crippen LogP contribution >= 0.6 is 0 Å². The Bertz CT molecular complexity index is 413. The van der Waals surface area contributed by atoms with Crippen LogP contribution in [0.1, 0.15) is 44.5 Å². The highest BCUT2D eigenvalue weighted by molar-refractivity contribution is 5.21. The summed E-state index contributed by atoms with van der Waals surface area (Å²) < 4.78 is 2.00. The number of nitrogens with zero attached hydrogens (tertiary/aromatic N) is 2. The van der Waals surface area contributed by atoms with Crippen molar-refractivity contribution in [2.24, 2.45) is 0 Å². The topological polar surface area (TPSA) is 17.8 Å². The summed E-state index contributed by atoms with van der Waals surface area (Å²) >= 11 is 0. The maximum Gasteiger partial charge on any atom is 0.0662 e. The summed E-state index contributed by atoms with van der Waals surface area (Å²) in [5, 5.41) is 4.25. The van der Waals surface area contributed by atoms with E-state index >= 15 is 0 Å². The van der Waals surface area contributed by atoms with E-state index in [4.69, 9.17) is 0 Å². The fraction of sp³-hybridized carbons (Fsp3) is 0.438. The molecule has 0 saturated carbocycles. The molecule has 1 aromatic carbocycles. The quantitative estimate of drug-likeness (QED) is 0.757. The van der Waals surface area contributed by atoms with Crippen LogP contribution < -0.4 is 0 Å². The van der Waals surface area contributed by atoms with E-state index in [0.29, 0.717) is 0 Å². The van der Waals surface area contributed by atoms with E-state index < -0.39 is 0 Å². The molecule has 0 amide bonds. The third kappa shape index (κ3) is 5.17. The van der Waals surface area contributed by atoms with Crippen LogP contribution in [-0.2, 0) is 6.54 Å². The summed E-state index contributed by atoms with van der Waals surface area (Å²) in [5.41, 5.74) is 3.79. The summed E-state index contributed by atoms with van der Waals surface area (Å²) in [6.07, 6.45) is 1.84. The molecule has 0 aliphatic heterocycles. The van der Waals surface area contributed by atoms with Gasteiger partial charge in [-0.15, -0.1) is 0 Å². The first-order valence-electron chi connectivity index (χ1n) is 6.79. The Hall–Kier alpha value is -1.57. The van der Waals surface area contributed by atoms with Gasteiger partial charge in [0.2, 0.25) is 0 Å². The van der Waals surface area contributed by atoms with Crippen LogP contribution in [-0.4, -0.2) is 9.78 Å². The molecule has 2 nitrogen and oxygen atoms in total. The Morgan fingerprint density at radius 2 is 1.44 bits per heavy atom. The number of aryl methyl sites for hydroxylation is 2. The van der Waals surface area contributed by atoms with Crippen molar-refractivity contribution in [3.05, 3.63) is 53.3 Å². The van der Waals surface area contributed by atoms with Gasteiger partial charge in [0.1, 0.15) is 0 Å². The van der Waals surface area contributed by atoms with Crippen LogP contribution in [0, 0.1) is 13.8 Å². The molecule has 0 unspecified atom stereocenters. The highest BCUT2D eigenvalue weighted by Gasteiger charge is 1.97. The van der Waals surface area contributed by atoms with Crippen LogP contribution in [0.25, 0.3) is 0 Å². The minimum absolute atomic E-state index is 0.860. The van der Waals surface area contributed by atoms with Gasteiger partial charge in [0.15, 0.2) is 0 Å². The first-order chi connectivity index (χ1) is 8.75. The molecule has 2 aromatic rings. The van der Waals surface area contributed by atoms with Crippen LogP contribution in [0.15, 0.2) is 36.5 Å². The zero-order valence-electron chi connectivity index (χ0n) is 12.6. The van der Waals surface area contributed by atoms with Crippen molar-refractivity contribution < 1.29 is 0 Å². The fourth-order valence-electron chi connectivity index (χ4n) is 1.43. The zero-order valence-corrected chi connectivity index (χ0v) is 12.6.